The third-order valence-electron chi connectivity index (χ3n) is 2.61. The van der Waals surface area contributed by atoms with Crippen LogP contribution in [0.5, 0.6) is 0 Å². The summed E-state index contributed by atoms with van der Waals surface area (Å²) in [5.41, 5.74) is 0.165. The van der Waals surface area contributed by atoms with E-state index in [4.69, 9.17) is 0 Å². The fraction of sp³-hybridized carbons (Fsp3) is 0.889. The van der Waals surface area contributed by atoms with Crippen LogP contribution in [0, 0.1) is 5.41 Å². The van der Waals surface area contributed by atoms with E-state index in [-0.39, 0.29) is 11.4 Å². The van der Waals surface area contributed by atoms with Crippen molar-refractivity contribution in [3.05, 3.63) is 0 Å². The molecule has 0 spiro atoms. The maximum absolute atomic E-state index is 11.0. The zero-order chi connectivity index (χ0) is 9.03. The molecule has 1 saturated heterocycles. The summed E-state index contributed by atoms with van der Waals surface area (Å²) < 4.78 is 4.66. The van der Waals surface area contributed by atoms with Crippen molar-refractivity contribution >= 4 is 5.97 Å². The van der Waals surface area contributed by atoms with Crippen molar-refractivity contribution in [3.8, 4) is 0 Å². The number of nitrogens with one attached hydrogen (secondary N) is 1. The van der Waals surface area contributed by atoms with Crippen molar-refractivity contribution < 1.29 is 9.53 Å². The SMILES string of the molecule is COC(=O)CC1(C)CCNCC1. The second kappa shape index (κ2) is 3.90. The number of carbonyl (C=O) groups is 1. The average Bonchev–Trinajstić information content (AvgIpc) is 2.05. The first-order chi connectivity index (χ1) is 5.66. The van der Waals surface area contributed by atoms with Gasteiger partial charge in [0.25, 0.3) is 0 Å². The Labute approximate surface area is 73.5 Å². The van der Waals surface area contributed by atoms with Crippen LogP contribution in [0.4, 0.5) is 0 Å². The minimum Gasteiger partial charge on any atom is -0.469 e. The maximum Gasteiger partial charge on any atom is 0.306 e. The zero-order valence-electron chi connectivity index (χ0n) is 7.85. The number of esters is 1. The normalized spacial score (nSPS) is 21.8. The predicted molar refractivity (Wildman–Crippen MR) is 46.8 cm³/mol. The number of rotatable bonds is 2. The monoisotopic (exact) mass is 171 g/mol. The zero-order valence-corrected chi connectivity index (χ0v) is 7.85. The highest BCUT2D eigenvalue weighted by atomic mass is 16.5. The molecule has 1 aliphatic rings. The molecule has 0 radical (unpaired) electrons. The van der Waals surface area contributed by atoms with E-state index in [0.717, 1.165) is 25.9 Å². The number of methoxy groups -OCH3 is 1. The largest absolute Gasteiger partial charge is 0.469 e. The Balaban J connectivity index is 2.41. The second-order valence-electron chi connectivity index (χ2n) is 3.81. The number of hydrogen-bond donors (Lipinski definition) is 1. The lowest BCUT2D eigenvalue weighted by Crippen LogP contribution is -2.36. The first-order valence-corrected chi connectivity index (χ1v) is 4.44. The molecule has 1 heterocycles. The van der Waals surface area contributed by atoms with Crippen molar-refractivity contribution in [1.82, 2.24) is 5.32 Å². The smallest absolute Gasteiger partial charge is 0.306 e. The molecule has 0 amide bonds. The van der Waals surface area contributed by atoms with Crippen LogP contribution in [-0.2, 0) is 9.53 Å². The summed E-state index contributed by atoms with van der Waals surface area (Å²) in [5.74, 6) is -0.0839. The Hall–Kier alpha value is -0.570. The maximum atomic E-state index is 11.0. The van der Waals surface area contributed by atoms with Gasteiger partial charge in [-0.25, -0.2) is 0 Å². The van der Waals surface area contributed by atoms with E-state index < -0.39 is 0 Å². The molecule has 0 aromatic rings. The summed E-state index contributed by atoms with van der Waals surface area (Å²) >= 11 is 0. The van der Waals surface area contributed by atoms with E-state index in [0.29, 0.717) is 6.42 Å². The van der Waals surface area contributed by atoms with Crippen molar-refractivity contribution in [2.75, 3.05) is 20.2 Å². The van der Waals surface area contributed by atoms with Gasteiger partial charge in [-0.05, 0) is 31.3 Å². The minimum atomic E-state index is -0.0839. The lowest BCUT2D eigenvalue weighted by atomic mass is 9.78. The Morgan fingerprint density at radius 2 is 2.08 bits per heavy atom. The van der Waals surface area contributed by atoms with Crippen LogP contribution in [0.2, 0.25) is 0 Å². The third-order valence-corrected chi connectivity index (χ3v) is 2.61. The summed E-state index contributed by atoms with van der Waals surface area (Å²) in [4.78, 5) is 11.0. The fourth-order valence-electron chi connectivity index (χ4n) is 1.63. The molecule has 0 aromatic carbocycles. The summed E-state index contributed by atoms with van der Waals surface area (Å²) in [6, 6.07) is 0. The fourth-order valence-corrected chi connectivity index (χ4v) is 1.63. The van der Waals surface area contributed by atoms with E-state index in [1.807, 2.05) is 0 Å². The first kappa shape index (κ1) is 9.52. The van der Waals surface area contributed by atoms with Gasteiger partial charge in [0, 0.05) is 0 Å². The molecule has 3 heteroatoms. The summed E-state index contributed by atoms with van der Waals surface area (Å²) in [6.07, 6.45) is 2.70. The van der Waals surface area contributed by atoms with Gasteiger partial charge in [-0.2, -0.15) is 0 Å². The summed E-state index contributed by atoms with van der Waals surface area (Å²) in [6.45, 7) is 4.20. The Kier molecular flexibility index (Phi) is 3.09. The van der Waals surface area contributed by atoms with Crippen molar-refractivity contribution in [3.63, 3.8) is 0 Å². The van der Waals surface area contributed by atoms with E-state index in [1.165, 1.54) is 7.11 Å². The molecule has 0 atom stereocenters. The lowest BCUT2D eigenvalue weighted by molar-refractivity contribution is -0.143. The van der Waals surface area contributed by atoms with Crippen LogP contribution in [0.3, 0.4) is 0 Å². The Morgan fingerprint density at radius 3 is 2.58 bits per heavy atom. The van der Waals surface area contributed by atoms with Gasteiger partial charge in [0.2, 0.25) is 0 Å². The van der Waals surface area contributed by atoms with Gasteiger partial charge in [0.05, 0.1) is 13.5 Å². The van der Waals surface area contributed by atoms with Gasteiger partial charge in [0.15, 0.2) is 0 Å². The average molecular weight is 171 g/mol. The van der Waals surface area contributed by atoms with Gasteiger partial charge >= 0.3 is 5.97 Å². The molecule has 0 aliphatic carbocycles. The van der Waals surface area contributed by atoms with E-state index in [2.05, 4.69) is 17.0 Å². The van der Waals surface area contributed by atoms with Crippen molar-refractivity contribution in [2.24, 2.45) is 5.41 Å². The minimum absolute atomic E-state index is 0.0839. The molecule has 12 heavy (non-hydrogen) atoms. The third kappa shape index (κ3) is 2.48. The highest BCUT2D eigenvalue weighted by molar-refractivity contribution is 5.70. The molecule has 1 fully saturated rings. The number of hydrogen-bond acceptors (Lipinski definition) is 3. The Morgan fingerprint density at radius 1 is 1.50 bits per heavy atom. The molecule has 1 rings (SSSR count). The summed E-state index contributed by atoms with van der Waals surface area (Å²) in [5, 5.41) is 3.28. The van der Waals surface area contributed by atoms with Crippen LogP contribution in [0.15, 0.2) is 0 Å². The molecule has 70 valence electrons. The van der Waals surface area contributed by atoms with Crippen LogP contribution in [-0.4, -0.2) is 26.2 Å². The highest BCUT2D eigenvalue weighted by Gasteiger charge is 2.29. The van der Waals surface area contributed by atoms with Crippen LogP contribution in [0.1, 0.15) is 26.2 Å². The van der Waals surface area contributed by atoms with Crippen LogP contribution < -0.4 is 5.32 Å². The van der Waals surface area contributed by atoms with Gasteiger partial charge < -0.3 is 10.1 Å². The molecule has 3 nitrogen and oxygen atoms in total. The van der Waals surface area contributed by atoms with Gasteiger partial charge in [-0.15, -0.1) is 0 Å². The van der Waals surface area contributed by atoms with Gasteiger partial charge in [-0.3, -0.25) is 4.79 Å². The highest BCUT2D eigenvalue weighted by Crippen LogP contribution is 2.31. The first-order valence-electron chi connectivity index (χ1n) is 4.44. The van der Waals surface area contributed by atoms with E-state index in [9.17, 15) is 4.79 Å². The topological polar surface area (TPSA) is 38.3 Å². The second-order valence-corrected chi connectivity index (χ2v) is 3.81. The number of carbonyl (C=O) groups excluding carboxylic acids is 1. The van der Waals surface area contributed by atoms with Crippen LogP contribution in [0.25, 0.3) is 0 Å². The van der Waals surface area contributed by atoms with E-state index in [1.54, 1.807) is 0 Å². The Bertz CT molecular complexity index is 162. The standard InChI is InChI=1S/C9H17NO2/c1-9(7-8(11)12-2)3-5-10-6-4-9/h10H,3-7H2,1-2H3. The van der Waals surface area contributed by atoms with Crippen molar-refractivity contribution in [1.29, 1.82) is 0 Å². The molecule has 0 aromatic heterocycles. The molecular formula is C9H17NO2. The number of ether oxygens (including phenoxy) is 1. The molecule has 0 unspecified atom stereocenters. The number of piperidine rings is 1. The van der Waals surface area contributed by atoms with E-state index >= 15 is 0 Å². The molecule has 1 aliphatic heterocycles. The van der Waals surface area contributed by atoms with Gasteiger partial charge in [0.1, 0.15) is 0 Å². The molecule has 0 saturated carbocycles. The van der Waals surface area contributed by atoms with Crippen molar-refractivity contribution in [2.45, 2.75) is 26.2 Å². The quantitative estimate of drug-likeness (QED) is 0.628. The van der Waals surface area contributed by atoms with Crippen LogP contribution >= 0.6 is 0 Å². The molecule has 1 N–H and O–H groups in total. The lowest BCUT2D eigenvalue weighted by Gasteiger charge is -2.32. The molecule has 0 bridgehead atoms. The molecular weight excluding hydrogens is 154 g/mol. The van der Waals surface area contributed by atoms with Gasteiger partial charge in [-0.1, -0.05) is 6.92 Å². The predicted octanol–water partition coefficient (Wildman–Crippen LogP) is 0.939. The summed E-state index contributed by atoms with van der Waals surface area (Å²) in [7, 11) is 1.45.